The van der Waals surface area contributed by atoms with Crippen LogP contribution in [-0.2, 0) is 14.3 Å². The quantitative estimate of drug-likeness (QED) is 0.478. The average Bonchev–Trinajstić information content (AvgIpc) is 3.18. The number of rotatable bonds is 7. The van der Waals surface area contributed by atoms with Gasteiger partial charge in [-0.05, 0) is 91.8 Å². The van der Waals surface area contributed by atoms with E-state index in [2.05, 4.69) is 27.7 Å². The molecule has 0 amide bonds. The van der Waals surface area contributed by atoms with Crippen molar-refractivity contribution >= 4 is 5.97 Å². The Bertz CT molecular complexity index is 742. The molecule has 0 bridgehead atoms. The van der Waals surface area contributed by atoms with Crippen molar-refractivity contribution in [1.29, 1.82) is 0 Å². The zero-order valence-electron chi connectivity index (χ0n) is 22.0. The molecule has 4 aliphatic rings. The number of aliphatic hydroxyl groups excluding tert-OH is 3. The van der Waals surface area contributed by atoms with Gasteiger partial charge in [0.2, 0.25) is 0 Å². The maximum absolute atomic E-state index is 11.8. The first kappa shape index (κ1) is 26.4. The second-order valence-electron chi connectivity index (χ2n) is 12.8. The molecular weight excluding hydrogens is 432 g/mol. The fraction of sp³-hybridized carbons (Fsp3) is 0.964. The number of aliphatic hydroxyl groups is 3. The van der Waals surface area contributed by atoms with Crippen molar-refractivity contribution in [3.8, 4) is 0 Å². The molecule has 0 aromatic rings. The monoisotopic (exact) mass is 480 g/mol. The Labute approximate surface area is 205 Å². The summed E-state index contributed by atoms with van der Waals surface area (Å²) in [4.78, 5) is 11.8. The first-order valence-electron chi connectivity index (χ1n) is 13.7. The molecule has 6 nitrogen and oxygen atoms in total. The Hall–Kier alpha value is -0.690. The molecule has 4 saturated carbocycles. The maximum Gasteiger partial charge on any atom is 0.305 e. The van der Waals surface area contributed by atoms with Crippen molar-refractivity contribution in [3.63, 3.8) is 0 Å². The minimum atomic E-state index is -0.394. The average molecular weight is 481 g/mol. The van der Waals surface area contributed by atoms with Crippen LogP contribution in [0.25, 0.3) is 0 Å². The van der Waals surface area contributed by atoms with Gasteiger partial charge < -0.3 is 24.8 Å². The number of hydrogen-bond acceptors (Lipinski definition) is 6. The van der Waals surface area contributed by atoms with Gasteiger partial charge in [-0.15, -0.1) is 0 Å². The standard InChI is InChI=1S/C28H48O6/c1-17(6-9-25(32)33-5)20-7-8-21-27(20,3)24(31)16-22-26(2)11-10-19(34-13-12-29)14-18(26)15-23(30)28(21,22)4/h17-24,29-31H,6-16H2,1-5H3/t17?,18-,19-,20?,21+,22?,23+,24-,26-,27+,28-/m0/s1. The van der Waals surface area contributed by atoms with Crippen molar-refractivity contribution in [1.82, 2.24) is 0 Å². The van der Waals surface area contributed by atoms with E-state index in [1.165, 1.54) is 7.11 Å². The summed E-state index contributed by atoms with van der Waals surface area (Å²) in [5.74, 6) is 1.44. The van der Waals surface area contributed by atoms with Crippen molar-refractivity contribution < 1.29 is 29.6 Å². The van der Waals surface area contributed by atoms with Crippen LogP contribution in [0.4, 0.5) is 0 Å². The molecule has 0 aromatic heterocycles. The maximum atomic E-state index is 11.8. The predicted octanol–water partition coefficient (Wildman–Crippen LogP) is 3.94. The molecule has 0 heterocycles. The molecule has 3 N–H and O–H groups in total. The van der Waals surface area contributed by atoms with Crippen LogP contribution in [0, 0.1) is 45.8 Å². The lowest BCUT2D eigenvalue weighted by Gasteiger charge is -2.68. The van der Waals surface area contributed by atoms with Crippen LogP contribution in [0.2, 0.25) is 0 Å². The van der Waals surface area contributed by atoms with Gasteiger partial charge in [0.15, 0.2) is 0 Å². The summed E-state index contributed by atoms with van der Waals surface area (Å²) in [6, 6.07) is 0. The molecule has 196 valence electrons. The molecule has 0 spiro atoms. The van der Waals surface area contributed by atoms with E-state index in [1.54, 1.807) is 0 Å². The zero-order chi connectivity index (χ0) is 24.9. The summed E-state index contributed by atoms with van der Waals surface area (Å²) in [5.41, 5.74) is -0.370. The number of hydrogen-bond donors (Lipinski definition) is 3. The summed E-state index contributed by atoms with van der Waals surface area (Å²) in [6.07, 6.45) is 7.19. The Morgan fingerprint density at radius 2 is 1.71 bits per heavy atom. The molecule has 4 rings (SSSR count). The molecule has 0 saturated heterocycles. The third-order valence-corrected chi connectivity index (χ3v) is 11.7. The minimum Gasteiger partial charge on any atom is -0.469 e. The van der Waals surface area contributed by atoms with E-state index in [0.717, 1.165) is 51.4 Å². The summed E-state index contributed by atoms with van der Waals surface area (Å²) in [5, 5.41) is 32.7. The SMILES string of the molecule is COC(=O)CCC(C)C1CC[C@H]2[C@@]3(C)C(C[C@H](O)[C@]12C)[C@@]1(C)CC[C@H](OCCO)C[C@H]1C[C@H]3O. The number of carbonyl (C=O) groups is 1. The van der Waals surface area contributed by atoms with Gasteiger partial charge >= 0.3 is 5.97 Å². The summed E-state index contributed by atoms with van der Waals surface area (Å²) >= 11 is 0. The van der Waals surface area contributed by atoms with Gasteiger partial charge in [0.05, 0.1) is 38.6 Å². The number of ether oxygens (including phenoxy) is 2. The molecular formula is C28H48O6. The van der Waals surface area contributed by atoms with Crippen molar-refractivity contribution in [3.05, 3.63) is 0 Å². The minimum absolute atomic E-state index is 0.0490. The van der Waals surface area contributed by atoms with E-state index in [-0.39, 0.29) is 52.9 Å². The Morgan fingerprint density at radius 3 is 2.38 bits per heavy atom. The lowest BCUT2D eigenvalue weighted by Crippen LogP contribution is -2.67. The number of fused-ring (bicyclic) bond motifs is 5. The van der Waals surface area contributed by atoms with Crippen molar-refractivity contribution in [2.75, 3.05) is 20.3 Å². The third kappa shape index (κ3) is 3.95. The van der Waals surface area contributed by atoms with Crippen LogP contribution in [0.15, 0.2) is 0 Å². The Kier molecular flexibility index (Phi) is 7.48. The first-order chi connectivity index (χ1) is 16.0. The predicted molar refractivity (Wildman–Crippen MR) is 130 cm³/mol. The molecule has 34 heavy (non-hydrogen) atoms. The van der Waals surface area contributed by atoms with Crippen LogP contribution in [-0.4, -0.2) is 59.9 Å². The van der Waals surface area contributed by atoms with Gasteiger partial charge in [0, 0.05) is 11.8 Å². The molecule has 0 aromatic carbocycles. The largest absolute Gasteiger partial charge is 0.469 e. The fourth-order valence-corrected chi connectivity index (χ4v) is 9.75. The summed E-state index contributed by atoms with van der Waals surface area (Å²) < 4.78 is 10.8. The third-order valence-electron chi connectivity index (χ3n) is 11.7. The highest BCUT2D eigenvalue weighted by Crippen LogP contribution is 2.73. The van der Waals surface area contributed by atoms with E-state index in [9.17, 15) is 15.0 Å². The normalized spacial score (nSPS) is 49.0. The highest BCUT2D eigenvalue weighted by Gasteiger charge is 2.70. The van der Waals surface area contributed by atoms with Crippen LogP contribution in [0.1, 0.15) is 85.5 Å². The van der Waals surface area contributed by atoms with Crippen LogP contribution >= 0.6 is 0 Å². The molecule has 4 fully saturated rings. The molecule has 6 heteroatoms. The Balaban J connectivity index is 1.58. The second kappa shape index (κ2) is 9.64. The van der Waals surface area contributed by atoms with Gasteiger partial charge in [0.25, 0.3) is 0 Å². The van der Waals surface area contributed by atoms with E-state index >= 15 is 0 Å². The van der Waals surface area contributed by atoms with Gasteiger partial charge in [-0.3, -0.25) is 4.79 Å². The van der Waals surface area contributed by atoms with E-state index < -0.39 is 6.10 Å². The number of methoxy groups -OCH3 is 1. The van der Waals surface area contributed by atoms with Gasteiger partial charge in [0.1, 0.15) is 0 Å². The topological polar surface area (TPSA) is 96.2 Å². The van der Waals surface area contributed by atoms with Crippen molar-refractivity contribution in [2.45, 2.75) is 104 Å². The summed E-state index contributed by atoms with van der Waals surface area (Å²) in [6.45, 7) is 9.67. The van der Waals surface area contributed by atoms with Crippen LogP contribution < -0.4 is 0 Å². The Morgan fingerprint density at radius 1 is 1.00 bits per heavy atom. The lowest BCUT2D eigenvalue weighted by molar-refractivity contribution is -0.253. The van der Waals surface area contributed by atoms with Crippen molar-refractivity contribution in [2.24, 2.45) is 45.8 Å². The van der Waals surface area contributed by atoms with Gasteiger partial charge in [-0.25, -0.2) is 0 Å². The second-order valence-corrected chi connectivity index (χ2v) is 12.8. The zero-order valence-corrected chi connectivity index (χ0v) is 22.0. The molecule has 11 atom stereocenters. The molecule has 0 radical (unpaired) electrons. The summed E-state index contributed by atoms with van der Waals surface area (Å²) in [7, 11) is 1.44. The van der Waals surface area contributed by atoms with E-state index in [0.29, 0.717) is 30.8 Å². The number of esters is 1. The van der Waals surface area contributed by atoms with E-state index in [1.807, 2.05) is 0 Å². The number of carbonyl (C=O) groups excluding carboxylic acids is 1. The van der Waals surface area contributed by atoms with Gasteiger partial charge in [-0.2, -0.15) is 0 Å². The molecule has 4 aliphatic carbocycles. The smallest absolute Gasteiger partial charge is 0.305 e. The highest BCUT2D eigenvalue weighted by atomic mass is 16.5. The van der Waals surface area contributed by atoms with E-state index in [4.69, 9.17) is 14.6 Å². The fourth-order valence-electron chi connectivity index (χ4n) is 9.75. The van der Waals surface area contributed by atoms with Gasteiger partial charge in [-0.1, -0.05) is 27.7 Å². The highest BCUT2D eigenvalue weighted by molar-refractivity contribution is 5.69. The molecule has 0 aliphatic heterocycles. The van der Waals surface area contributed by atoms with Crippen LogP contribution in [0.3, 0.4) is 0 Å². The molecule has 3 unspecified atom stereocenters. The first-order valence-corrected chi connectivity index (χ1v) is 13.7. The lowest BCUT2D eigenvalue weighted by atomic mass is 9.38. The van der Waals surface area contributed by atoms with Crippen LogP contribution in [0.5, 0.6) is 0 Å².